The van der Waals surface area contributed by atoms with Gasteiger partial charge in [-0.05, 0) is 48.9 Å². The molecule has 7 nitrogen and oxygen atoms in total. The van der Waals surface area contributed by atoms with Gasteiger partial charge in [0.2, 0.25) is 0 Å². The second-order valence-corrected chi connectivity index (χ2v) is 5.66. The zero-order chi connectivity index (χ0) is 19.1. The van der Waals surface area contributed by atoms with Crippen LogP contribution in [0.2, 0.25) is 5.02 Å². The van der Waals surface area contributed by atoms with Crippen molar-refractivity contribution < 1.29 is 19.1 Å². The molecule has 0 aliphatic heterocycles. The van der Waals surface area contributed by atoms with Crippen LogP contribution in [0.15, 0.2) is 41.5 Å². The number of ether oxygens (including phenoxy) is 2. The fraction of sp³-hybridized carbons (Fsp3) is 0.167. The fourth-order valence-electron chi connectivity index (χ4n) is 2.10. The number of hydrogen-bond donors (Lipinski definition) is 2. The first-order valence-electron chi connectivity index (χ1n) is 7.57. The molecule has 2 N–H and O–H groups in total. The van der Waals surface area contributed by atoms with Gasteiger partial charge in [0.15, 0.2) is 0 Å². The average Bonchev–Trinajstić information content (AvgIpc) is 2.63. The number of carbonyl (C=O) groups excluding carboxylic acids is 2. The van der Waals surface area contributed by atoms with Crippen molar-refractivity contribution in [2.24, 2.45) is 5.10 Å². The van der Waals surface area contributed by atoms with Gasteiger partial charge in [0.1, 0.15) is 11.5 Å². The Kier molecular flexibility index (Phi) is 6.57. The minimum absolute atomic E-state index is 0.494. The van der Waals surface area contributed by atoms with Crippen molar-refractivity contribution in [3.8, 4) is 11.5 Å². The summed E-state index contributed by atoms with van der Waals surface area (Å²) in [5, 5.41) is 6.82. The molecule has 0 heterocycles. The van der Waals surface area contributed by atoms with Crippen molar-refractivity contribution in [3.05, 3.63) is 52.5 Å². The van der Waals surface area contributed by atoms with Crippen LogP contribution < -0.4 is 20.2 Å². The topological polar surface area (TPSA) is 89.0 Å². The molecule has 2 amide bonds. The van der Waals surface area contributed by atoms with Crippen LogP contribution in [0.4, 0.5) is 5.69 Å². The highest BCUT2D eigenvalue weighted by molar-refractivity contribution is 6.39. The third-order valence-electron chi connectivity index (χ3n) is 3.45. The molecule has 0 unspecified atom stereocenters. The lowest BCUT2D eigenvalue weighted by atomic mass is 10.2. The van der Waals surface area contributed by atoms with Gasteiger partial charge in [0, 0.05) is 16.3 Å². The molecule has 8 heteroatoms. The number of anilines is 1. The predicted molar refractivity (Wildman–Crippen MR) is 100 cm³/mol. The van der Waals surface area contributed by atoms with E-state index in [0.29, 0.717) is 27.8 Å². The van der Waals surface area contributed by atoms with Crippen LogP contribution in [-0.4, -0.2) is 32.2 Å². The first kappa shape index (κ1) is 19.3. The molecule has 0 spiro atoms. The Morgan fingerprint density at radius 1 is 1.08 bits per heavy atom. The van der Waals surface area contributed by atoms with Gasteiger partial charge in [-0.1, -0.05) is 11.6 Å². The quantitative estimate of drug-likeness (QED) is 0.477. The number of hydrogen-bond acceptors (Lipinski definition) is 5. The lowest BCUT2D eigenvalue weighted by molar-refractivity contribution is -0.136. The van der Waals surface area contributed by atoms with E-state index in [4.69, 9.17) is 21.1 Å². The first-order chi connectivity index (χ1) is 12.4. The van der Waals surface area contributed by atoms with E-state index in [2.05, 4.69) is 15.8 Å². The second kappa shape index (κ2) is 8.87. The molecular formula is C18H18ClN3O4. The molecule has 0 saturated heterocycles. The number of rotatable bonds is 5. The van der Waals surface area contributed by atoms with Gasteiger partial charge in [-0.25, -0.2) is 5.43 Å². The molecule has 2 rings (SSSR count). The van der Waals surface area contributed by atoms with Crippen molar-refractivity contribution >= 4 is 35.3 Å². The van der Waals surface area contributed by atoms with Crippen molar-refractivity contribution in [1.29, 1.82) is 0 Å². The Bertz CT molecular complexity index is 852. The highest BCUT2D eigenvalue weighted by Gasteiger charge is 2.14. The normalized spacial score (nSPS) is 10.5. The summed E-state index contributed by atoms with van der Waals surface area (Å²) in [6.45, 7) is 1.77. The lowest BCUT2D eigenvalue weighted by Gasteiger charge is -2.08. The van der Waals surface area contributed by atoms with Crippen LogP contribution in [0.25, 0.3) is 0 Å². The van der Waals surface area contributed by atoms with Crippen molar-refractivity contribution in [2.75, 3.05) is 19.5 Å². The molecule has 0 atom stereocenters. The summed E-state index contributed by atoms with van der Waals surface area (Å²) in [6, 6.07) is 10.0. The first-order valence-corrected chi connectivity index (χ1v) is 7.95. The minimum Gasteiger partial charge on any atom is -0.497 e. The molecule has 0 aliphatic carbocycles. The summed E-state index contributed by atoms with van der Waals surface area (Å²) in [4.78, 5) is 23.8. The smallest absolute Gasteiger partial charge is 0.329 e. The maximum atomic E-state index is 11.9. The van der Waals surface area contributed by atoms with E-state index in [1.165, 1.54) is 20.4 Å². The number of halogens is 1. The highest BCUT2D eigenvalue weighted by atomic mass is 35.5. The number of amides is 2. The molecule has 2 aromatic carbocycles. The Labute approximate surface area is 155 Å². The van der Waals surface area contributed by atoms with Crippen molar-refractivity contribution in [1.82, 2.24) is 5.43 Å². The SMILES string of the molecule is COc1ccc(OC)c(/C=N\NC(=O)C(=O)Nc2ccc(Cl)cc2C)c1. The maximum absolute atomic E-state index is 11.9. The van der Waals surface area contributed by atoms with Crippen LogP contribution in [0.5, 0.6) is 11.5 Å². The predicted octanol–water partition coefficient (Wildman–Crippen LogP) is 2.75. The Balaban J connectivity index is 2.01. The fourth-order valence-corrected chi connectivity index (χ4v) is 2.32. The summed E-state index contributed by atoms with van der Waals surface area (Å²) in [7, 11) is 3.05. The lowest BCUT2D eigenvalue weighted by Crippen LogP contribution is -2.32. The second-order valence-electron chi connectivity index (χ2n) is 5.22. The molecule has 0 bridgehead atoms. The van der Waals surface area contributed by atoms with Crippen LogP contribution in [0, 0.1) is 6.92 Å². The molecular weight excluding hydrogens is 358 g/mol. The van der Waals surface area contributed by atoms with Gasteiger partial charge in [-0.15, -0.1) is 0 Å². The van der Waals surface area contributed by atoms with Gasteiger partial charge in [0.25, 0.3) is 0 Å². The van der Waals surface area contributed by atoms with Gasteiger partial charge in [-0.2, -0.15) is 5.10 Å². The van der Waals surface area contributed by atoms with E-state index in [1.54, 1.807) is 43.3 Å². The molecule has 2 aromatic rings. The van der Waals surface area contributed by atoms with Crippen LogP contribution in [0.3, 0.4) is 0 Å². The minimum atomic E-state index is -0.905. The number of nitrogens with one attached hydrogen (secondary N) is 2. The number of nitrogens with zero attached hydrogens (tertiary/aromatic N) is 1. The number of hydrazone groups is 1. The highest BCUT2D eigenvalue weighted by Crippen LogP contribution is 2.22. The number of methoxy groups -OCH3 is 2. The van der Waals surface area contributed by atoms with Gasteiger partial charge in [0.05, 0.1) is 20.4 Å². The molecule has 0 aromatic heterocycles. The van der Waals surface area contributed by atoms with E-state index in [9.17, 15) is 9.59 Å². The molecule has 136 valence electrons. The van der Waals surface area contributed by atoms with Gasteiger partial charge >= 0.3 is 11.8 Å². The third kappa shape index (κ3) is 4.97. The van der Waals surface area contributed by atoms with Crippen LogP contribution in [0.1, 0.15) is 11.1 Å². The molecule has 0 radical (unpaired) electrons. The van der Waals surface area contributed by atoms with Crippen LogP contribution in [-0.2, 0) is 9.59 Å². The summed E-state index contributed by atoms with van der Waals surface area (Å²) >= 11 is 5.86. The zero-order valence-corrected chi connectivity index (χ0v) is 15.3. The van der Waals surface area contributed by atoms with E-state index in [0.717, 1.165) is 5.56 Å². The van der Waals surface area contributed by atoms with Crippen molar-refractivity contribution in [2.45, 2.75) is 6.92 Å². The largest absolute Gasteiger partial charge is 0.497 e. The third-order valence-corrected chi connectivity index (χ3v) is 3.68. The monoisotopic (exact) mass is 375 g/mol. The number of carbonyl (C=O) groups is 2. The molecule has 0 saturated carbocycles. The van der Waals surface area contributed by atoms with Crippen molar-refractivity contribution in [3.63, 3.8) is 0 Å². The number of aryl methyl sites for hydroxylation is 1. The molecule has 0 fully saturated rings. The van der Waals surface area contributed by atoms with E-state index in [1.807, 2.05) is 0 Å². The zero-order valence-electron chi connectivity index (χ0n) is 14.5. The number of benzene rings is 2. The Morgan fingerprint density at radius 2 is 1.85 bits per heavy atom. The van der Waals surface area contributed by atoms with E-state index in [-0.39, 0.29) is 0 Å². The molecule has 26 heavy (non-hydrogen) atoms. The summed E-state index contributed by atoms with van der Waals surface area (Å²) in [5.74, 6) is -0.595. The standard InChI is InChI=1S/C18H18ClN3O4/c1-11-8-13(19)4-6-15(11)21-17(23)18(24)22-20-10-12-9-14(25-2)5-7-16(12)26-3/h4-10H,1-3H3,(H,21,23)(H,22,24)/b20-10-. The average molecular weight is 376 g/mol. The van der Waals surface area contributed by atoms with Gasteiger partial charge < -0.3 is 14.8 Å². The van der Waals surface area contributed by atoms with Crippen LogP contribution >= 0.6 is 11.6 Å². The summed E-state index contributed by atoms with van der Waals surface area (Å²) < 4.78 is 10.3. The maximum Gasteiger partial charge on any atom is 0.329 e. The molecule has 0 aliphatic rings. The van der Waals surface area contributed by atoms with E-state index >= 15 is 0 Å². The Morgan fingerprint density at radius 3 is 2.50 bits per heavy atom. The Hall–Kier alpha value is -3.06. The van der Waals surface area contributed by atoms with Gasteiger partial charge in [-0.3, -0.25) is 9.59 Å². The van der Waals surface area contributed by atoms with E-state index < -0.39 is 11.8 Å². The summed E-state index contributed by atoms with van der Waals surface area (Å²) in [5.41, 5.74) is 3.98. The summed E-state index contributed by atoms with van der Waals surface area (Å²) in [6.07, 6.45) is 1.36.